The van der Waals surface area contributed by atoms with E-state index in [2.05, 4.69) is 9.38 Å². The van der Waals surface area contributed by atoms with Gasteiger partial charge in [0.15, 0.2) is 0 Å². The Morgan fingerprint density at radius 2 is 2.10 bits per heavy atom. The van der Waals surface area contributed by atoms with Crippen LogP contribution in [-0.4, -0.2) is 19.1 Å². The lowest BCUT2D eigenvalue weighted by Crippen LogP contribution is -2.27. The van der Waals surface area contributed by atoms with Crippen molar-refractivity contribution in [3.8, 4) is 6.07 Å². The highest BCUT2D eigenvalue weighted by atomic mass is 32.2. The maximum Gasteiger partial charge on any atom is 0.348 e. The summed E-state index contributed by atoms with van der Waals surface area (Å²) < 4.78 is 28.9. The topological polar surface area (TPSA) is 86.4 Å². The summed E-state index contributed by atoms with van der Waals surface area (Å²) >= 11 is 0. The number of aromatic nitrogens is 1. The van der Waals surface area contributed by atoms with Gasteiger partial charge in [0, 0.05) is 17.8 Å². The van der Waals surface area contributed by atoms with E-state index in [1.165, 1.54) is 12.4 Å². The van der Waals surface area contributed by atoms with Gasteiger partial charge in [-0.1, -0.05) is 0 Å². The lowest BCUT2D eigenvalue weighted by Gasteiger charge is -2.20. The second-order valence-corrected chi connectivity index (χ2v) is 5.97. The van der Waals surface area contributed by atoms with Crippen molar-refractivity contribution < 1.29 is 8.42 Å². The first-order valence-electron chi connectivity index (χ1n) is 6.09. The molecule has 0 spiro atoms. The number of nitriles is 1. The fourth-order valence-corrected chi connectivity index (χ4v) is 3.23. The van der Waals surface area contributed by atoms with Crippen molar-refractivity contribution in [3.63, 3.8) is 0 Å². The molecule has 1 aliphatic rings. The maximum absolute atomic E-state index is 12.1. The summed E-state index contributed by atoms with van der Waals surface area (Å²) in [7, 11) is -3.76. The minimum Gasteiger partial charge on any atom is -0.245 e. The van der Waals surface area contributed by atoms with Crippen LogP contribution in [0.1, 0.15) is 12.6 Å². The van der Waals surface area contributed by atoms with Crippen LogP contribution in [0.5, 0.6) is 0 Å². The van der Waals surface area contributed by atoms with E-state index < -0.39 is 10.2 Å². The summed E-state index contributed by atoms with van der Waals surface area (Å²) in [4.78, 5) is 3.98. The van der Waals surface area contributed by atoms with Gasteiger partial charge < -0.3 is 0 Å². The first kappa shape index (κ1) is 13.3. The van der Waals surface area contributed by atoms with E-state index in [0.717, 1.165) is 9.69 Å². The molecule has 0 atom stereocenters. The minimum atomic E-state index is -3.76. The molecule has 1 aromatic heterocycles. The van der Waals surface area contributed by atoms with E-state index in [-0.39, 0.29) is 0 Å². The Morgan fingerprint density at radius 3 is 2.81 bits per heavy atom. The maximum atomic E-state index is 12.1. The third-order valence-corrected chi connectivity index (χ3v) is 4.42. The summed E-state index contributed by atoms with van der Waals surface area (Å²) in [5.41, 5.74) is 1.21. The molecule has 2 heterocycles. The van der Waals surface area contributed by atoms with E-state index in [1.807, 2.05) is 6.07 Å². The molecule has 0 saturated carbocycles. The number of hydrogen-bond donors (Lipinski definition) is 0. The molecule has 0 bridgehead atoms. The number of nitrogens with zero attached hydrogens (tertiary/aromatic N) is 4. The number of rotatable bonds is 1. The third kappa shape index (κ3) is 2.26. The summed E-state index contributed by atoms with van der Waals surface area (Å²) in [5.74, 6) is 0. The van der Waals surface area contributed by atoms with Crippen molar-refractivity contribution in [1.82, 2.24) is 4.98 Å². The van der Waals surface area contributed by atoms with Crippen LogP contribution in [0.15, 0.2) is 47.1 Å². The van der Waals surface area contributed by atoms with Crippen LogP contribution in [0.3, 0.4) is 0 Å². The fourth-order valence-electron chi connectivity index (χ4n) is 2.12. The van der Waals surface area contributed by atoms with Crippen LogP contribution in [0, 0.1) is 11.3 Å². The molecule has 0 amide bonds. The van der Waals surface area contributed by atoms with Crippen LogP contribution in [0.25, 0.3) is 10.8 Å². The Labute approximate surface area is 121 Å². The fraction of sp³-hybridized carbons (Fsp3) is 0.0714. The van der Waals surface area contributed by atoms with Gasteiger partial charge in [-0.05, 0) is 42.7 Å². The number of benzene rings is 1. The van der Waals surface area contributed by atoms with Crippen molar-refractivity contribution in [2.75, 3.05) is 4.31 Å². The molecule has 6 nitrogen and oxygen atoms in total. The normalized spacial score (nSPS) is 16.6. The highest BCUT2D eigenvalue weighted by Crippen LogP contribution is 2.27. The SMILES string of the molecule is CC1=NS(=O)(=O)N(c2ccc3c(C#N)nccc3c2)C=C1. The van der Waals surface area contributed by atoms with E-state index in [0.29, 0.717) is 22.5 Å². The van der Waals surface area contributed by atoms with Gasteiger partial charge in [-0.25, -0.2) is 9.29 Å². The molecule has 0 saturated heterocycles. The van der Waals surface area contributed by atoms with Gasteiger partial charge in [0.2, 0.25) is 0 Å². The molecule has 0 fully saturated rings. The molecular weight excluding hydrogens is 288 g/mol. The predicted molar refractivity (Wildman–Crippen MR) is 80.1 cm³/mol. The van der Waals surface area contributed by atoms with Gasteiger partial charge in [-0.3, -0.25) is 0 Å². The van der Waals surface area contributed by atoms with Crippen molar-refractivity contribution in [1.29, 1.82) is 5.26 Å². The Kier molecular flexibility index (Phi) is 2.96. The number of allylic oxidation sites excluding steroid dienone is 1. The van der Waals surface area contributed by atoms with Crippen molar-refractivity contribution in [2.24, 2.45) is 4.40 Å². The Balaban J connectivity index is 2.16. The lowest BCUT2D eigenvalue weighted by atomic mass is 10.1. The molecule has 0 N–H and O–H groups in total. The quantitative estimate of drug-likeness (QED) is 0.807. The van der Waals surface area contributed by atoms with Crippen molar-refractivity contribution >= 4 is 32.4 Å². The molecule has 1 aliphatic heterocycles. The van der Waals surface area contributed by atoms with Gasteiger partial charge in [0.1, 0.15) is 11.8 Å². The molecule has 3 rings (SSSR count). The molecule has 0 aliphatic carbocycles. The monoisotopic (exact) mass is 298 g/mol. The first-order valence-corrected chi connectivity index (χ1v) is 7.49. The molecule has 0 unspecified atom stereocenters. The molecule has 1 aromatic carbocycles. The standard InChI is InChI=1S/C14H10N4O2S/c1-10-5-7-18(21(19,20)17-10)12-2-3-13-11(8-12)4-6-16-14(13)9-15/h2-8H,1H3. The van der Waals surface area contributed by atoms with E-state index in [1.54, 1.807) is 37.3 Å². The smallest absolute Gasteiger partial charge is 0.245 e. The van der Waals surface area contributed by atoms with Gasteiger partial charge in [-0.15, -0.1) is 4.40 Å². The molecule has 0 radical (unpaired) electrons. The van der Waals surface area contributed by atoms with Gasteiger partial charge in [0.25, 0.3) is 0 Å². The van der Waals surface area contributed by atoms with Crippen molar-refractivity contribution in [3.05, 3.63) is 48.4 Å². The molecule has 104 valence electrons. The highest BCUT2D eigenvalue weighted by Gasteiger charge is 2.22. The summed E-state index contributed by atoms with van der Waals surface area (Å²) in [6.07, 6.45) is 4.61. The van der Waals surface area contributed by atoms with Crippen molar-refractivity contribution in [2.45, 2.75) is 6.92 Å². The zero-order chi connectivity index (χ0) is 15.0. The minimum absolute atomic E-state index is 0.310. The van der Waals surface area contributed by atoms with Crippen LogP contribution in [0.2, 0.25) is 0 Å². The van der Waals surface area contributed by atoms with Gasteiger partial charge >= 0.3 is 10.2 Å². The second-order valence-electron chi connectivity index (χ2n) is 4.50. The first-order chi connectivity index (χ1) is 10.0. The molecule has 21 heavy (non-hydrogen) atoms. The molecule has 7 heteroatoms. The number of anilines is 1. The molecular formula is C14H10N4O2S. The average molecular weight is 298 g/mol. The average Bonchev–Trinajstić information content (AvgIpc) is 2.45. The van der Waals surface area contributed by atoms with Gasteiger partial charge in [-0.2, -0.15) is 13.7 Å². The van der Waals surface area contributed by atoms with Crippen LogP contribution in [0.4, 0.5) is 5.69 Å². The Hall–Kier alpha value is -2.72. The van der Waals surface area contributed by atoms with E-state index in [9.17, 15) is 8.42 Å². The molecule has 2 aromatic rings. The number of fused-ring (bicyclic) bond motifs is 1. The zero-order valence-electron chi connectivity index (χ0n) is 11.1. The Bertz CT molecular complexity index is 939. The lowest BCUT2D eigenvalue weighted by molar-refractivity contribution is 0.597. The summed E-state index contributed by atoms with van der Waals surface area (Å²) in [6, 6.07) is 8.75. The van der Waals surface area contributed by atoms with Crippen LogP contribution in [-0.2, 0) is 10.2 Å². The second kappa shape index (κ2) is 4.68. The van der Waals surface area contributed by atoms with E-state index in [4.69, 9.17) is 5.26 Å². The summed E-state index contributed by atoms with van der Waals surface area (Å²) in [6.45, 7) is 1.62. The number of hydrogen-bond acceptors (Lipinski definition) is 4. The van der Waals surface area contributed by atoms with Gasteiger partial charge in [0.05, 0.1) is 11.4 Å². The van der Waals surface area contributed by atoms with Crippen LogP contribution < -0.4 is 4.31 Å². The zero-order valence-corrected chi connectivity index (χ0v) is 11.9. The Morgan fingerprint density at radius 1 is 1.29 bits per heavy atom. The third-order valence-electron chi connectivity index (χ3n) is 3.07. The predicted octanol–water partition coefficient (Wildman–Crippen LogP) is 2.15. The number of pyridine rings is 1. The largest absolute Gasteiger partial charge is 0.348 e. The highest BCUT2D eigenvalue weighted by molar-refractivity contribution is 7.91. The summed E-state index contributed by atoms with van der Waals surface area (Å²) in [5, 5.41) is 10.4. The van der Waals surface area contributed by atoms with Crippen LogP contribution >= 0.6 is 0 Å². The van der Waals surface area contributed by atoms with E-state index >= 15 is 0 Å².